The van der Waals surface area contributed by atoms with Crippen molar-refractivity contribution in [1.29, 1.82) is 0 Å². The van der Waals surface area contributed by atoms with Crippen LogP contribution >= 0.6 is 0 Å². The molecule has 5 aromatic rings. The molecule has 3 N–H and O–H groups in total. The standard InChI is InChI=1S/C35H27F7N8O2/c36-24-5-3-23(4-6-24)33(9-1-10-34(37,38)39)31(52)50(32(43)48-33)16-19-2-7-26(35(40,41)42)25(12-19)30(51)49-17-22-15-46-29(47-27(22)18-49)21-13-20-8-11-44-28(20)45-14-21/h2-8,11-15H,1,9-10,16-18H2,(H2,43,48)(H,44,45)/t33-/m1/s1. The van der Waals surface area contributed by atoms with Crippen molar-refractivity contribution in [3.8, 4) is 11.4 Å². The van der Waals surface area contributed by atoms with Crippen LogP contribution < -0.4 is 5.73 Å². The molecule has 3 aromatic heterocycles. The van der Waals surface area contributed by atoms with E-state index < -0.39 is 78.4 Å². The molecule has 5 heterocycles. The number of hydrogen-bond acceptors (Lipinski definition) is 7. The highest BCUT2D eigenvalue weighted by atomic mass is 19.4. The molecule has 2 aliphatic rings. The zero-order valence-corrected chi connectivity index (χ0v) is 26.9. The molecule has 268 valence electrons. The Morgan fingerprint density at radius 3 is 2.46 bits per heavy atom. The van der Waals surface area contributed by atoms with Gasteiger partial charge in [-0.3, -0.25) is 14.5 Å². The number of pyridine rings is 1. The first-order chi connectivity index (χ1) is 24.6. The van der Waals surface area contributed by atoms with Gasteiger partial charge in [-0.2, -0.15) is 26.3 Å². The van der Waals surface area contributed by atoms with E-state index in [0.717, 1.165) is 40.6 Å². The number of carbonyl (C=O) groups excluding carboxylic acids is 2. The molecular formula is C35H27F7N8O2. The molecule has 0 spiro atoms. The molecule has 1 atom stereocenters. The Bertz CT molecular complexity index is 2230. The van der Waals surface area contributed by atoms with Crippen LogP contribution in [-0.4, -0.2) is 53.7 Å². The number of H-pyrrole nitrogens is 1. The van der Waals surface area contributed by atoms with Gasteiger partial charge in [0.25, 0.3) is 11.8 Å². The van der Waals surface area contributed by atoms with E-state index in [0.29, 0.717) is 28.3 Å². The Morgan fingerprint density at radius 1 is 0.962 bits per heavy atom. The third-order valence-corrected chi connectivity index (χ3v) is 9.06. The fraction of sp³-hybridized carbons (Fsp3) is 0.257. The van der Waals surface area contributed by atoms with Gasteiger partial charge in [0.1, 0.15) is 11.5 Å². The van der Waals surface area contributed by atoms with Crippen molar-refractivity contribution >= 4 is 28.8 Å². The van der Waals surface area contributed by atoms with Crippen molar-refractivity contribution in [2.45, 2.75) is 56.8 Å². The second-order valence-electron chi connectivity index (χ2n) is 12.5. The number of nitrogens with two attached hydrogens (primary N) is 1. The van der Waals surface area contributed by atoms with E-state index in [1.807, 2.05) is 12.1 Å². The molecular weight excluding hydrogens is 697 g/mol. The minimum Gasteiger partial charge on any atom is -0.369 e. The van der Waals surface area contributed by atoms with Crippen LogP contribution in [0.15, 0.2) is 78.2 Å². The summed E-state index contributed by atoms with van der Waals surface area (Å²) >= 11 is 0. The van der Waals surface area contributed by atoms with Gasteiger partial charge in [-0.25, -0.2) is 24.3 Å². The van der Waals surface area contributed by atoms with E-state index >= 15 is 0 Å². The average molecular weight is 725 g/mol. The zero-order valence-electron chi connectivity index (χ0n) is 26.9. The van der Waals surface area contributed by atoms with Crippen molar-refractivity contribution in [3.63, 3.8) is 0 Å². The van der Waals surface area contributed by atoms with Gasteiger partial charge in [0, 0.05) is 48.1 Å². The van der Waals surface area contributed by atoms with Crippen molar-refractivity contribution < 1.29 is 40.3 Å². The molecule has 0 unspecified atom stereocenters. The van der Waals surface area contributed by atoms with Crippen molar-refractivity contribution in [1.82, 2.24) is 29.7 Å². The van der Waals surface area contributed by atoms with E-state index in [2.05, 4.69) is 24.9 Å². The maximum Gasteiger partial charge on any atom is 0.417 e. The number of guanidine groups is 1. The summed E-state index contributed by atoms with van der Waals surface area (Å²) in [6, 6.07) is 10.9. The molecule has 52 heavy (non-hydrogen) atoms. The van der Waals surface area contributed by atoms with E-state index in [-0.39, 0.29) is 24.2 Å². The summed E-state index contributed by atoms with van der Waals surface area (Å²) in [7, 11) is 0. The first kappa shape index (κ1) is 34.6. The van der Waals surface area contributed by atoms with Gasteiger partial charge < -0.3 is 15.6 Å². The van der Waals surface area contributed by atoms with Gasteiger partial charge in [0.05, 0.1) is 29.9 Å². The van der Waals surface area contributed by atoms with Gasteiger partial charge >= 0.3 is 12.4 Å². The van der Waals surface area contributed by atoms with Crippen LogP contribution in [0.2, 0.25) is 0 Å². The number of benzene rings is 2. The highest BCUT2D eigenvalue weighted by Crippen LogP contribution is 2.40. The number of aromatic amines is 1. The summed E-state index contributed by atoms with van der Waals surface area (Å²) in [4.78, 5) is 50.3. The monoisotopic (exact) mass is 724 g/mol. The highest BCUT2D eigenvalue weighted by molar-refractivity contribution is 6.07. The van der Waals surface area contributed by atoms with Crippen molar-refractivity contribution in [3.05, 3.63) is 113 Å². The molecule has 0 saturated heterocycles. The van der Waals surface area contributed by atoms with E-state index in [1.165, 1.54) is 23.2 Å². The lowest BCUT2D eigenvalue weighted by Crippen LogP contribution is -2.42. The van der Waals surface area contributed by atoms with Crippen LogP contribution in [0.1, 0.15) is 57.6 Å². The van der Waals surface area contributed by atoms with Crippen LogP contribution in [0.5, 0.6) is 0 Å². The minimum atomic E-state index is -4.92. The van der Waals surface area contributed by atoms with Gasteiger partial charge in [0.2, 0.25) is 0 Å². The lowest BCUT2D eigenvalue weighted by Gasteiger charge is -2.27. The normalized spacial score (nSPS) is 17.6. The van der Waals surface area contributed by atoms with Gasteiger partial charge in [-0.15, -0.1) is 0 Å². The number of amides is 2. The number of aromatic nitrogens is 4. The molecule has 17 heteroatoms. The predicted molar refractivity (Wildman–Crippen MR) is 172 cm³/mol. The van der Waals surface area contributed by atoms with Crippen LogP contribution in [0.25, 0.3) is 22.4 Å². The molecule has 2 aliphatic heterocycles. The van der Waals surface area contributed by atoms with Crippen LogP contribution in [0.4, 0.5) is 30.7 Å². The number of nitrogens with one attached hydrogen (secondary N) is 1. The van der Waals surface area contributed by atoms with Crippen LogP contribution in [0.3, 0.4) is 0 Å². The second kappa shape index (κ2) is 12.7. The fourth-order valence-corrected chi connectivity index (χ4v) is 6.51. The molecule has 10 nitrogen and oxygen atoms in total. The highest BCUT2D eigenvalue weighted by Gasteiger charge is 2.49. The Labute approximate surface area is 290 Å². The average Bonchev–Trinajstić information content (AvgIpc) is 3.80. The number of rotatable bonds is 8. The number of carbonyl (C=O) groups is 2. The number of halogens is 7. The van der Waals surface area contributed by atoms with E-state index in [4.69, 9.17) is 5.73 Å². The maximum absolute atomic E-state index is 14.3. The van der Waals surface area contributed by atoms with Crippen LogP contribution in [0, 0.1) is 5.82 Å². The number of hydrogen-bond donors (Lipinski definition) is 2. The Kier molecular flexibility index (Phi) is 8.46. The molecule has 0 radical (unpaired) electrons. The molecule has 0 aliphatic carbocycles. The lowest BCUT2D eigenvalue weighted by atomic mass is 9.84. The Morgan fingerprint density at radius 2 is 1.73 bits per heavy atom. The van der Waals surface area contributed by atoms with E-state index in [1.54, 1.807) is 12.4 Å². The summed E-state index contributed by atoms with van der Waals surface area (Å²) in [5, 5.41) is 0.823. The summed E-state index contributed by atoms with van der Waals surface area (Å²) in [5.41, 5.74) is 4.73. The molecule has 0 fully saturated rings. The Hall–Kier alpha value is -5.87. The fourth-order valence-electron chi connectivity index (χ4n) is 6.51. The molecule has 7 rings (SSSR count). The topological polar surface area (TPSA) is 133 Å². The first-order valence-electron chi connectivity index (χ1n) is 15.9. The third-order valence-electron chi connectivity index (χ3n) is 9.06. The summed E-state index contributed by atoms with van der Waals surface area (Å²) in [5.74, 6) is -2.53. The van der Waals surface area contributed by atoms with E-state index in [9.17, 15) is 40.3 Å². The summed E-state index contributed by atoms with van der Waals surface area (Å²) in [6.07, 6.45) is -6.80. The van der Waals surface area contributed by atoms with Crippen molar-refractivity contribution in [2.75, 3.05) is 0 Å². The Balaban J connectivity index is 1.15. The third kappa shape index (κ3) is 6.53. The molecule has 2 aromatic carbocycles. The summed E-state index contributed by atoms with van der Waals surface area (Å²) < 4.78 is 95.7. The number of alkyl halides is 6. The predicted octanol–water partition coefficient (Wildman–Crippen LogP) is 6.62. The van der Waals surface area contributed by atoms with Crippen LogP contribution in [-0.2, 0) is 36.1 Å². The maximum atomic E-state index is 14.3. The quantitative estimate of drug-likeness (QED) is 0.173. The smallest absolute Gasteiger partial charge is 0.369 e. The van der Waals surface area contributed by atoms with Crippen molar-refractivity contribution in [2.24, 2.45) is 10.7 Å². The largest absolute Gasteiger partial charge is 0.417 e. The second-order valence-corrected chi connectivity index (χ2v) is 12.5. The minimum absolute atomic E-state index is 0.0621. The number of fused-ring (bicyclic) bond motifs is 2. The lowest BCUT2D eigenvalue weighted by molar-refractivity contribution is -0.139. The van der Waals surface area contributed by atoms with Gasteiger partial charge in [-0.05, 0) is 60.4 Å². The zero-order chi connectivity index (χ0) is 37.0. The molecule has 0 saturated carbocycles. The molecule has 0 bridgehead atoms. The number of aliphatic imine (C=N–C) groups is 1. The SMILES string of the molecule is NC1=N[C@](CCCC(F)(F)F)(c2ccc(F)cc2)C(=O)N1Cc1ccc(C(F)(F)F)c(C(=O)N2Cc3cnc(-c4cnc5[nH]ccc5c4)nc3C2)c1. The van der Waals surface area contributed by atoms with Gasteiger partial charge in [0.15, 0.2) is 17.3 Å². The van der Waals surface area contributed by atoms with Gasteiger partial charge in [-0.1, -0.05) is 18.2 Å². The number of nitrogens with zero attached hydrogens (tertiary/aromatic N) is 6. The molecule has 2 amide bonds. The summed E-state index contributed by atoms with van der Waals surface area (Å²) in [6.45, 7) is -0.621. The first-order valence-corrected chi connectivity index (χ1v) is 15.9.